The number of hydrogen-bond donors (Lipinski definition) is 1. The third kappa shape index (κ3) is 4.99. The van der Waals surface area contributed by atoms with Crippen LogP contribution >= 0.6 is 11.3 Å². The summed E-state index contributed by atoms with van der Waals surface area (Å²) in [5.74, 6) is 0.577. The fraction of sp³-hybridized carbons (Fsp3) is 0.111. The average Bonchev–Trinajstić information content (AvgIpc) is 3.19. The predicted molar refractivity (Wildman–Crippen MR) is 106 cm³/mol. The lowest BCUT2D eigenvalue weighted by molar-refractivity contribution is -0.118. The Bertz CT molecular complexity index is 1040. The van der Waals surface area contributed by atoms with Crippen LogP contribution in [-0.2, 0) is 14.8 Å². The topological polar surface area (TPSA) is 109 Å². The van der Waals surface area contributed by atoms with Gasteiger partial charge >= 0.3 is 0 Å². The van der Waals surface area contributed by atoms with E-state index in [0.717, 1.165) is 11.3 Å². The number of thiazole rings is 1. The number of sulfonamides is 1. The molecule has 1 aromatic heterocycles. The second-order valence-corrected chi connectivity index (χ2v) is 7.87. The summed E-state index contributed by atoms with van der Waals surface area (Å²) in [5, 5.41) is 4.43. The van der Waals surface area contributed by atoms with Gasteiger partial charge in [0.15, 0.2) is 18.1 Å². The Kier molecular flexibility index (Phi) is 6.12. The number of para-hydroxylation sites is 2. The number of nitrogens with zero attached hydrogens (tertiary/aromatic N) is 2. The van der Waals surface area contributed by atoms with Gasteiger partial charge < -0.3 is 24.5 Å². The molecular formula is C18H16N3O5S2-. The summed E-state index contributed by atoms with van der Waals surface area (Å²) >= 11 is 1.13. The Morgan fingerprint density at radius 3 is 2.50 bits per heavy atom. The molecule has 0 bridgehead atoms. The number of nitrogens with one attached hydrogen (secondary N) is 1. The van der Waals surface area contributed by atoms with Crippen LogP contribution in [0.3, 0.4) is 0 Å². The standard InChI is InChI=1S/C18H17N3O5S2/c1-25-15-4-2-3-5-16(15)26-12-17(22)20-13-6-8-14(9-7-13)28(23,24)21-18-19-10-11-27-18/h2-11H,12H2,1H3,(H2,19,20,21,22)/p-1. The average molecular weight is 418 g/mol. The number of anilines is 1. The number of methoxy groups -OCH3 is 1. The van der Waals surface area contributed by atoms with E-state index in [1.165, 1.54) is 37.6 Å². The molecule has 0 saturated carbocycles. The summed E-state index contributed by atoms with van der Waals surface area (Å²) in [7, 11) is -2.35. The normalized spacial score (nSPS) is 10.9. The summed E-state index contributed by atoms with van der Waals surface area (Å²) < 4.78 is 38.7. The van der Waals surface area contributed by atoms with Crippen molar-refractivity contribution in [2.75, 3.05) is 19.0 Å². The first kappa shape index (κ1) is 19.6. The van der Waals surface area contributed by atoms with Gasteiger partial charge in [-0.1, -0.05) is 18.3 Å². The van der Waals surface area contributed by atoms with E-state index in [1.54, 1.807) is 29.6 Å². The second kappa shape index (κ2) is 8.72. The molecule has 0 aliphatic rings. The van der Waals surface area contributed by atoms with Crippen molar-refractivity contribution in [3.63, 3.8) is 0 Å². The molecule has 0 atom stereocenters. The molecule has 0 aliphatic heterocycles. The first-order valence-corrected chi connectivity index (χ1v) is 10.3. The summed E-state index contributed by atoms with van der Waals surface area (Å²) in [5.41, 5.74) is 0.432. The Morgan fingerprint density at radius 2 is 1.86 bits per heavy atom. The number of carbonyl (C=O) groups excluding carboxylic acids is 1. The van der Waals surface area contributed by atoms with E-state index in [0.29, 0.717) is 17.2 Å². The molecule has 28 heavy (non-hydrogen) atoms. The molecule has 1 amide bonds. The third-order valence-electron chi connectivity index (χ3n) is 3.48. The minimum atomic E-state index is -3.86. The fourth-order valence-corrected chi connectivity index (χ4v) is 3.88. The van der Waals surface area contributed by atoms with Crippen LogP contribution in [-0.4, -0.2) is 33.0 Å². The molecule has 0 saturated heterocycles. The van der Waals surface area contributed by atoms with E-state index < -0.39 is 15.9 Å². The van der Waals surface area contributed by atoms with Crippen LogP contribution in [0.5, 0.6) is 11.5 Å². The van der Waals surface area contributed by atoms with E-state index >= 15 is 0 Å². The van der Waals surface area contributed by atoms with Crippen molar-refractivity contribution in [1.82, 2.24) is 4.98 Å². The molecule has 0 unspecified atom stereocenters. The predicted octanol–water partition coefficient (Wildman–Crippen LogP) is 3.56. The van der Waals surface area contributed by atoms with Crippen LogP contribution in [0.1, 0.15) is 0 Å². The van der Waals surface area contributed by atoms with E-state index in [9.17, 15) is 13.2 Å². The van der Waals surface area contributed by atoms with Crippen LogP contribution in [0.2, 0.25) is 0 Å². The fourth-order valence-electron chi connectivity index (χ4n) is 2.21. The molecule has 1 N–H and O–H groups in total. The number of hydrogen-bond acceptors (Lipinski definition) is 7. The van der Waals surface area contributed by atoms with Gasteiger partial charge in [-0.15, -0.1) is 0 Å². The first-order valence-electron chi connectivity index (χ1n) is 8.01. The minimum absolute atomic E-state index is 0.00553. The van der Waals surface area contributed by atoms with Crippen molar-refractivity contribution >= 4 is 38.1 Å². The lowest BCUT2D eigenvalue weighted by Gasteiger charge is -2.13. The molecule has 146 valence electrons. The van der Waals surface area contributed by atoms with E-state index in [-0.39, 0.29) is 16.6 Å². The zero-order valence-electron chi connectivity index (χ0n) is 14.7. The Labute approximate surface area is 166 Å². The highest BCUT2D eigenvalue weighted by atomic mass is 32.2. The maximum atomic E-state index is 12.2. The maximum Gasteiger partial charge on any atom is 0.262 e. The zero-order valence-corrected chi connectivity index (χ0v) is 16.4. The van der Waals surface area contributed by atoms with Gasteiger partial charge in [0.2, 0.25) is 10.0 Å². The van der Waals surface area contributed by atoms with E-state index in [1.807, 2.05) is 0 Å². The monoisotopic (exact) mass is 418 g/mol. The minimum Gasteiger partial charge on any atom is -0.493 e. The van der Waals surface area contributed by atoms with Crippen molar-refractivity contribution in [2.24, 2.45) is 0 Å². The molecule has 0 radical (unpaired) electrons. The van der Waals surface area contributed by atoms with Crippen LogP contribution in [0.15, 0.2) is 65.0 Å². The molecular weight excluding hydrogens is 402 g/mol. The number of benzene rings is 2. The van der Waals surface area contributed by atoms with E-state index in [4.69, 9.17) is 9.47 Å². The molecule has 3 aromatic rings. The largest absolute Gasteiger partial charge is 0.493 e. The highest BCUT2D eigenvalue weighted by Gasteiger charge is 2.11. The van der Waals surface area contributed by atoms with Crippen LogP contribution < -0.4 is 14.8 Å². The molecule has 2 aromatic carbocycles. The van der Waals surface area contributed by atoms with Crippen molar-refractivity contribution in [3.8, 4) is 11.5 Å². The second-order valence-electron chi connectivity index (χ2n) is 5.39. The number of amides is 1. The first-order chi connectivity index (χ1) is 13.5. The SMILES string of the molecule is COc1ccccc1OCC(=O)Nc1ccc(S(=O)(=O)[N-]c2nccs2)cc1. The van der Waals surface area contributed by atoms with Gasteiger partial charge in [-0.05, 0) is 41.8 Å². The van der Waals surface area contributed by atoms with Crippen molar-refractivity contribution < 1.29 is 22.7 Å². The van der Waals surface area contributed by atoms with Gasteiger partial charge in [-0.25, -0.2) is 8.42 Å². The number of rotatable bonds is 8. The molecule has 0 fully saturated rings. The van der Waals surface area contributed by atoms with E-state index in [2.05, 4.69) is 15.0 Å². The van der Waals surface area contributed by atoms with Crippen molar-refractivity contribution in [1.29, 1.82) is 0 Å². The summed E-state index contributed by atoms with van der Waals surface area (Å²) in [4.78, 5) is 15.9. The quantitative estimate of drug-likeness (QED) is 0.599. The van der Waals surface area contributed by atoms with Crippen LogP contribution in [0.25, 0.3) is 4.72 Å². The van der Waals surface area contributed by atoms with Crippen molar-refractivity contribution in [2.45, 2.75) is 4.90 Å². The lowest BCUT2D eigenvalue weighted by atomic mass is 10.3. The Hall–Kier alpha value is -3.11. The summed E-state index contributed by atoms with van der Waals surface area (Å²) in [6.45, 7) is -0.222. The number of carbonyl (C=O) groups is 1. The van der Waals surface area contributed by atoms with Crippen LogP contribution in [0.4, 0.5) is 10.8 Å². The third-order valence-corrected chi connectivity index (χ3v) is 5.54. The van der Waals surface area contributed by atoms with Gasteiger partial charge in [-0.3, -0.25) is 4.79 Å². The van der Waals surface area contributed by atoms with Gasteiger partial charge in [0.1, 0.15) is 0 Å². The van der Waals surface area contributed by atoms with Crippen LogP contribution in [0, 0.1) is 0 Å². The van der Waals surface area contributed by atoms with Gasteiger partial charge in [-0.2, -0.15) is 11.3 Å². The maximum absolute atomic E-state index is 12.2. The lowest BCUT2D eigenvalue weighted by Crippen LogP contribution is -2.20. The number of aromatic nitrogens is 1. The number of ether oxygens (including phenoxy) is 2. The van der Waals surface area contributed by atoms with Gasteiger partial charge in [0.25, 0.3) is 5.91 Å². The highest BCUT2D eigenvalue weighted by Crippen LogP contribution is 2.29. The smallest absolute Gasteiger partial charge is 0.262 e. The molecule has 8 nitrogen and oxygen atoms in total. The molecule has 0 spiro atoms. The zero-order chi connectivity index (χ0) is 20.0. The van der Waals surface area contributed by atoms with Gasteiger partial charge in [0, 0.05) is 10.8 Å². The summed E-state index contributed by atoms with van der Waals surface area (Å²) in [6.07, 6.45) is 1.48. The molecule has 0 aliphatic carbocycles. The van der Waals surface area contributed by atoms with Crippen molar-refractivity contribution in [3.05, 3.63) is 64.8 Å². The Morgan fingerprint density at radius 1 is 1.14 bits per heavy atom. The highest BCUT2D eigenvalue weighted by molar-refractivity contribution is 7.94. The molecule has 1 heterocycles. The van der Waals surface area contributed by atoms with Gasteiger partial charge in [0.05, 0.1) is 12.0 Å². The summed E-state index contributed by atoms with van der Waals surface area (Å²) in [6, 6.07) is 12.7. The molecule has 10 heteroatoms. The Balaban J connectivity index is 1.58. The molecule has 3 rings (SSSR count).